The van der Waals surface area contributed by atoms with Crippen LogP contribution in [0.4, 0.5) is 0 Å². The number of hydrogen-bond acceptors (Lipinski definition) is 3. The van der Waals surface area contributed by atoms with Crippen LogP contribution < -0.4 is 4.74 Å². The summed E-state index contributed by atoms with van der Waals surface area (Å²) in [5, 5.41) is 1.23. The van der Waals surface area contributed by atoms with Crippen molar-refractivity contribution in [2.75, 3.05) is 20.2 Å². The molecule has 2 aromatic heterocycles. The van der Waals surface area contributed by atoms with Gasteiger partial charge in [0.1, 0.15) is 5.75 Å². The van der Waals surface area contributed by atoms with Crippen molar-refractivity contribution in [3.8, 4) is 5.75 Å². The molecule has 1 aromatic carbocycles. The lowest BCUT2D eigenvalue weighted by atomic mass is 9.93. The van der Waals surface area contributed by atoms with Crippen molar-refractivity contribution in [3.63, 3.8) is 0 Å². The summed E-state index contributed by atoms with van der Waals surface area (Å²) >= 11 is 0. The maximum absolute atomic E-state index is 12.4. The Morgan fingerprint density at radius 1 is 1.19 bits per heavy atom. The number of carbonyl (C=O) groups excluding carboxylic acids is 1. The molecule has 1 aliphatic heterocycles. The van der Waals surface area contributed by atoms with Gasteiger partial charge in [0.05, 0.1) is 24.7 Å². The number of methoxy groups -OCH3 is 1. The predicted molar refractivity (Wildman–Crippen MR) is 101 cm³/mol. The first-order chi connectivity index (χ1) is 12.6. The lowest BCUT2D eigenvalue weighted by molar-refractivity contribution is -0.136. The Morgan fingerprint density at radius 3 is 2.69 bits per heavy atom. The van der Waals surface area contributed by atoms with E-state index in [1.54, 1.807) is 7.11 Å². The lowest BCUT2D eigenvalue weighted by Gasteiger charge is -2.39. The number of aryl methyl sites for hydroxylation is 1. The molecule has 0 saturated carbocycles. The number of carbonyl (C=O) groups is 1. The Morgan fingerprint density at radius 2 is 1.96 bits per heavy atom. The summed E-state index contributed by atoms with van der Waals surface area (Å²) < 4.78 is 7.28. The average Bonchev–Trinajstić information content (AvgIpc) is 3.00. The minimum absolute atomic E-state index is 0.191. The minimum Gasteiger partial charge on any atom is -0.497 e. The third-order valence-electron chi connectivity index (χ3n) is 5.17. The highest BCUT2D eigenvalue weighted by Crippen LogP contribution is 2.25. The maximum atomic E-state index is 12.4. The molecule has 3 heterocycles. The molecule has 1 fully saturated rings. The van der Waals surface area contributed by atoms with E-state index in [1.807, 2.05) is 41.4 Å². The van der Waals surface area contributed by atoms with Crippen LogP contribution >= 0.6 is 0 Å². The van der Waals surface area contributed by atoms with Crippen LogP contribution in [0.2, 0.25) is 0 Å². The number of ether oxygens (including phenoxy) is 1. The van der Waals surface area contributed by atoms with Crippen LogP contribution in [0.3, 0.4) is 0 Å². The fourth-order valence-corrected chi connectivity index (χ4v) is 3.68. The SMILES string of the molecule is COc1ccc(CC(=O)N2CC(Cc3nccc4ccn(C)c34)C2)cc1. The van der Waals surface area contributed by atoms with Gasteiger partial charge in [0, 0.05) is 37.9 Å². The zero-order chi connectivity index (χ0) is 18.1. The third kappa shape index (κ3) is 3.17. The quantitative estimate of drug-likeness (QED) is 0.712. The largest absolute Gasteiger partial charge is 0.497 e. The highest BCUT2D eigenvalue weighted by atomic mass is 16.5. The van der Waals surface area contributed by atoms with Crippen molar-refractivity contribution in [2.24, 2.45) is 13.0 Å². The molecule has 0 unspecified atom stereocenters. The maximum Gasteiger partial charge on any atom is 0.227 e. The number of pyridine rings is 1. The van der Waals surface area contributed by atoms with Crippen molar-refractivity contribution in [3.05, 3.63) is 60.0 Å². The van der Waals surface area contributed by atoms with Crippen LogP contribution in [0, 0.1) is 5.92 Å². The fourth-order valence-electron chi connectivity index (χ4n) is 3.68. The van der Waals surface area contributed by atoms with E-state index in [4.69, 9.17) is 4.74 Å². The number of nitrogens with zero attached hydrogens (tertiary/aromatic N) is 3. The van der Waals surface area contributed by atoms with Gasteiger partial charge in [0.25, 0.3) is 0 Å². The van der Waals surface area contributed by atoms with Crippen molar-refractivity contribution < 1.29 is 9.53 Å². The van der Waals surface area contributed by atoms with E-state index in [-0.39, 0.29) is 5.91 Å². The highest BCUT2D eigenvalue weighted by Gasteiger charge is 2.31. The average molecular weight is 349 g/mol. The first-order valence-corrected chi connectivity index (χ1v) is 8.93. The first kappa shape index (κ1) is 16.6. The van der Waals surface area contributed by atoms with Gasteiger partial charge in [-0.25, -0.2) is 0 Å². The molecular formula is C21H23N3O2. The zero-order valence-electron chi connectivity index (χ0n) is 15.2. The van der Waals surface area contributed by atoms with E-state index in [9.17, 15) is 4.79 Å². The topological polar surface area (TPSA) is 47.4 Å². The summed E-state index contributed by atoms with van der Waals surface area (Å²) in [5.74, 6) is 1.49. The van der Waals surface area contributed by atoms with Gasteiger partial charge in [-0.15, -0.1) is 0 Å². The summed E-state index contributed by atoms with van der Waals surface area (Å²) in [6.07, 6.45) is 5.31. The Hall–Kier alpha value is -2.82. The molecule has 0 N–H and O–H groups in total. The van der Waals surface area contributed by atoms with Gasteiger partial charge in [-0.3, -0.25) is 9.78 Å². The van der Waals surface area contributed by atoms with Gasteiger partial charge in [0.15, 0.2) is 0 Å². The second-order valence-electron chi connectivity index (χ2n) is 7.02. The molecule has 4 rings (SSSR count). The third-order valence-corrected chi connectivity index (χ3v) is 5.17. The van der Waals surface area contributed by atoms with E-state index in [1.165, 1.54) is 10.9 Å². The summed E-state index contributed by atoms with van der Waals surface area (Å²) in [6, 6.07) is 11.9. The van der Waals surface area contributed by atoms with Crippen molar-refractivity contribution in [2.45, 2.75) is 12.8 Å². The summed E-state index contributed by atoms with van der Waals surface area (Å²) in [5.41, 5.74) is 3.35. The summed E-state index contributed by atoms with van der Waals surface area (Å²) in [7, 11) is 3.70. The van der Waals surface area contributed by atoms with Crippen LogP contribution in [0.25, 0.3) is 10.9 Å². The normalized spacial score (nSPS) is 14.5. The standard InChI is InChI=1S/C21H23N3O2/c1-23-10-8-17-7-9-22-19(21(17)23)11-16-13-24(14-16)20(25)12-15-3-5-18(26-2)6-4-15/h3-10,16H,11-14H2,1-2H3. The Labute approximate surface area is 153 Å². The van der Waals surface area contributed by atoms with Crippen LogP contribution in [0.5, 0.6) is 5.75 Å². The molecule has 5 heteroatoms. The van der Waals surface area contributed by atoms with Gasteiger partial charge in [-0.05, 0) is 42.2 Å². The van der Waals surface area contributed by atoms with Crippen molar-refractivity contribution >= 4 is 16.8 Å². The number of rotatable bonds is 5. The van der Waals surface area contributed by atoms with Gasteiger partial charge >= 0.3 is 0 Å². The molecule has 134 valence electrons. The Kier molecular flexibility index (Phi) is 4.37. The molecule has 0 spiro atoms. The van der Waals surface area contributed by atoms with E-state index in [2.05, 4.69) is 28.9 Å². The first-order valence-electron chi connectivity index (χ1n) is 8.93. The number of benzene rings is 1. The Bertz CT molecular complexity index is 924. The zero-order valence-corrected chi connectivity index (χ0v) is 15.2. The second-order valence-corrected chi connectivity index (χ2v) is 7.02. The lowest BCUT2D eigenvalue weighted by Crippen LogP contribution is -2.51. The number of hydrogen-bond donors (Lipinski definition) is 0. The van der Waals surface area contributed by atoms with Crippen LogP contribution in [0.15, 0.2) is 48.8 Å². The van der Waals surface area contributed by atoms with Gasteiger partial charge in [-0.1, -0.05) is 12.1 Å². The number of likely N-dealkylation sites (tertiary alicyclic amines) is 1. The minimum atomic E-state index is 0.191. The molecule has 1 saturated heterocycles. The van der Waals surface area contributed by atoms with E-state index >= 15 is 0 Å². The number of fused-ring (bicyclic) bond motifs is 1. The van der Waals surface area contributed by atoms with E-state index < -0.39 is 0 Å². The highest BCUT2D eigenvalue weighted by molar-refractivity contribution is 5.82. The van der Waals surface area contributed by atoms with E-state index in [0.29, 0.717) is 12.3 Å². The van der Waals surface area contributed by atoms with Crippen LogP contribution in [-0.4, -0.2) is 40.6 Å². The number of aromatic nitrogens is 2. The molecular weight excluding hydrogens is 326 g/mol. The molecule has 1 aliphatic rings. The molecule has 1 amide bonds. The molecule has 0 bridgehead atoms. The van der Waals surface area contributed by atoms with E-state index in [0.717, 1.165) is 36.5 Å². The van der Waals surface area contributed by atoms with Gasteiger partial charge < -0.3 is 14.2 Å². The molecule has 3 aromatic rings. The number of amides is 1. The van der Waals surface area contributed by atoms with Crippen LogP contribution in [-0.2, 0) is 24.7 Å². The Balaban J connectivity index is 1.34. The predicted octanol–water partition coefficient (Wildman–Crippen LogP) is 2.83. The van der Waals surface area contributed by atoms with Crippen molar-refractivity contribution in [1.29, 1.82) is 0 Å². The molecule has 0 radical (unpaired) electrons. The smallest absolute Gasteiger partial charge is 0.227 e. The molecule has 0 atom stereocenters. The summed E-state index contributed by atoms with van der Waals surface area (Å²) in [6.45, 7) is 1.63. The van der Waals surface area contributed by atoms with Crippen molar-refractivity contribution in [1.82, 2.24) is 14.5 Å². The molecule has 5 nitrogen and oxygen atoms in total. The van der Waals surface area contributed by atoms with Crippen LogP contribution in [0.1, 0.15) is 11.3 Å². The monoisotopic (exact) mass is 349 g/mol. The fraction of sp³-hybridized carbons (Fsp3) is 0.333. The molecule has 0 aliphatic carbocycles. The van der Waals surface area contributed by atoms with Gasteiger partial charge in [0.2, 0.25) is 5.91 Å². The van der Waals surface area contributed by atoms with Gasteiger partial charge in [-0.2, -0.15) is 0 Å². The second kappa shape index (κ2) is 6.83. The molecule has 26 heavy (non-hydrogen) atoms. The summed E-state index contributed by atoms with van der Waals surface area (Å²) in [4.78, 5) is 19.0.